The Morgan fingerprint density at radius 1 is 1.13 bits per heavy atom. The molecule has 5 nitrogen and oxygen atoms in total. The first-order valence-corrected chi connectivity index (χ1v) is 7.20. The van der Waals surface area contributed by atoms with Gasteiger partial charge in [0.15, 0.2) is 0 Å². The molecule has 1 unspecified atom stereocenters. The zero-order chi connectivity index (χ0) is 18.3. The SMILES string of the molecule is C=C(C(=O)OCCC(O)CCOC(=O)C(C)(C)CC)C(F)(F)F. The summed E-state index contributed by atoms with van der Waals surface area (Å²) >= 11 is 0. The third kappa shape index (κ3) is 8.01. The topological polar surface area (TPSA) is 72.8 Å². The highest BCUT2D eigenvalue weighted by atomic mass is 19.4. The van der Waals surface area contributed by atoms with E-state index in [4.69, 9.17) is 4.74 Å². The first kappa shape index (κ1) is 21.4. The van der Waals surface area contributed by atoms with Crippen LogP contribution >= 0.6 is 0 Å². The van der Waals surface area contributed by atoms with Crippen molar-refractivity contribution in [1.29, 1.82) is 0 Å². The molecule has 1 atom stereocenters. The molecule has 0 aromatic rings. The van der Waals surface area contributed by atoms with Crippen molar-refractivity contribution in [2.75, 3.05) is 13.2 Å². The van der Waals surface area contributed by atoms with Crippen LogP contribution in [0.25, 0.3) is 0 Å². The van der Waals surface area contributed by atoms with Crippen LogP contribution in [-0.2, 0) is 19.1 Å². The zero-order valence-electron chi connectivity index (χ0n) is 13.5. The van der Waals surface area contributed by atoms with E-state index in [-0.39, 0.29) is 32.0 Å². The number of hydrogen-bond acceptors (Lipinski definition) is 5. The minimum Gasteiger partial charge on any atom is -0.465 e. The van der Waals surface area contributed by atoms with Crippen molar-refractivity contribution >= 4 is 11.9 Å². The minimum atomic E-state index is -4.84. The Labute approximate surface area is 133 Å². The van der Waals surface area contributed by atoms with Gasteiger partial charge >= 0.3 is 18.1 Å². The summed E-state index contributed by atoms with van der Waals surface area (Å²) in [6, 6.07) is 0. The van der Waals surface area contributed by atoms with E-state index in [0.717, 1.165) is 0 Å². The lowest BCUT2D eigenvalue weighted by Crippen LogP contribution is -2.27. The van der Waals surface area contributed by atoms with Crippen LogP contribution in [0.15, 0.2) is 12.2 Å². The highest BCUT2D eigenvalue weighted by molar-refractivity contribution is 5.89. The van der Waals surface area contributed by atoms with Crippen molar-refractivity contribution in [2.45, 2.75) is 52.3 Å². The quantitative estimate of drug-likeness (QED) is 0.516. The number of aliphatic hydroxyl groups is 1. The number of esters is 2. The third-order valence-electron chi connectivity index (χ3n) is 3.39. The second-order valence-corrected chi connectivity index (χ2v) is 5.72. The Kier molecular flexibility index (Phi) is 8.30. The summed E-state index contributed by atoms with van der Waals surface area (Å²) < 4.78 is 45.8. The Balaban J connectivity index is 3.97. The van der Waals surface area contributed by atoms with E-state index in [1.165, 1.54) is 0 Å². The maximum atomic E-state index is 12.2. The zero-order valence-corrected chi connectivity index (χ0v) is 13.5. The van der Waals surface area contributed by atoms with Crippen molar-refractivity contribution in [3.05, 3.63) is 12.2 Å². The second-order valence-electron chi connectivity index (χ2n) is 5.72. The second kappa shape index (κ2) is 8.90. The fraction of sp³-hybridized carbons (Fsp3) is 0.733. The highest BCUT2D eigenvalue weighted by Crippen LogP contribution is 2.25. The first-order valence-electron chi connectivity index (χ1n) is 7.20. The number of ether oxygens (including phenoxy) is 2. The number of halogens is 3. The number of carbonyl (C=O) groups is 2. The van der Waals surface area contributed by atoms with E-state index < -0.39 is 29.2 Å². The van der Waals surface area contributed by atoms with Gasteiger partial charge in [-0.15, -0.1) is 0 Å². The van der Waals surface area contributed by atoms with Crippen LogP contribution in [0, 0.1) is 5.41 Å². The summed E-state index contributed by atoms with van der Waals surface area (Å²) in [5.41, 5.74) is -2.21. The van der Waals surface area contributed by atoms with Gasteiger partial charge in [0.05, 0.1) is 24.7 Å². The molecule has 1 N–H and O–H groups in total. The number of rotatable bonds is 9. The van der Waals surface area contributed by atoms with Crippen molar-refractivity contribution in [3.8, 4) is 0 Å². The molecule has 0 aromatic heterocycles. The molecule has 0 saturated carbocycles. The van der Waals surface area contributed by atoms with Crippen molar-refractivity contribution in [2.24, 2.45) is 5.41 Å². The average molecular weight is 340 g/mol. The summed E-state index contributed by atoms with van der Waals surface area (Å²) in [6.07, 6.45) is -5.15. The summed E-state index contributed by atoms with van der Waals surface area (Å²) in [7, 11) is 0. The van der Waals surface area contributed by atoms with Crippen molar-refractivity contribution in [1.82, 2.24) is 0 Å². The standard InChI is InChI=1S/C15H23F3O5/c1-5-14(3,4)13(21)23-9-7-11(19)6-8-22-12(20)10(2)15(16,17)18/h11,19H,2,5-9H2,1,3-4H3. The monoisotopic (exact) mass is 340 g/mol. The lowest BCUT2D eigenvalue weighted by atomic mass is 9.91. The van der Waals surface area contributed by atoms with Gasteiger partial charge in [0.2, 0.25) is 0 Å². The number of carbonyl (C=O) groups excluding carboxylic acids is 2. The average Bonchev–Trinajstić information content (AvgIpc) is 2.45. The molecule has 8 heteroatoms. The van der Waals surface area contributed by atoms with Crippen LogP contribution in [0.4, 0.5) is 13.2 Å². The Morgan fingerprint density at radius 2 is 1.61 bits per heavy atom. The molecule has 23 heavy (non-hydrogen) atoms. The minimum absolute atomic E-state index is 0.0212. The van der Waals surface area contributed by atoms with Gasteiger partial charge in [-0.2, -0.15) is 13.2 Å². The van der Waals surface area contributed by atoms with Crippen LogP contribution in [-0.4, -0.2) is 42.5 Å². The van der Waals surface area contributed by atoms with Crippen LogP contribution < -0.4 is 0 Å². The molecule has 134 valence electrons. The fourth-order valence-corrected chi connectivity index (χ4v) is 1.26. The molecule has 0 amide bonds. The summed E-state index contributed by atoms with van der Waals surface area (Å²) in [5.74, 6) is -1.96. The maximum absolute atomic E-state index is 12.2. The molecule has 0 rings (SSSR count). The molecular formula is C15H23F3O5. The van der Waals surface area contributed by atoms with Gasteiger partial charge < -0.3 is 14.6 Å². The molecule has 0 aliphatic rings. The summed E-state index contributed by atoms with van der Waals surface area (Å²) in [6.45, 7) is 7.51. The van der Waals surface area contributed by atoms with Gasteiger partial charge in [-0.25, -0.2) is 4.79 Å². The Hall–Kier alpha value is -1.57. The van der Waals surface area contributed by atoms with E-state index >= 15 is 0 Å². The lowest BCUT2D eigenvalue weighted by molar-refractivity contribution is -0.154. The number of alkyl halides is 3. The fourth-order valence-electron chi connectivity index (χ4n) is 1.26. The predicted molar refractivity (Wildman–Crippen MR) is 76.4 cm³/mol. The van der Waals surface area contributed by atoms with Gasteiger partial charge in [0, 0.05) is 12.8 Å². The van der Waals surface area contributed by atoms with Crippen molar-refractivity contribution in [3.63, 3.8) is 0 Å². The van der Waals surface area contributed by atoms with Gasteiger partial charge in [-0.05, 0) is 20.3 Å². The smallest absolute Gasteiger partial charge is 0.422 e. The third-order valence-corrected chi connectivity index (χ3v) is 3.39. The van der Waals surface area contributed by atoms with Crippen LogP contribution in [0.1, 0.15) is 40.0 Å². The first-order chi connectivity index (χ1) is 10.4. The van der Waals surface area contributed by atoms with Crippen LogP contribution in [0.2, 0.25) is 0 Å². The molecule has 0 radical (unpaired) electrons. The number of hydrogen-bond donors (Lipinski definition) is 1. The van der Waals surface area contributed by atoms with Gasteiger partial charge in [-0.1, -0.05) is 13.5 Å². The molecule has 0 spiro atoms. The molecule has 0 heterocycles. The molecule has 0 aliphatic carbocycles. The van der Waals surface area contributed by atoms with E-state index in [2.05, 4.69) is 11.3 Å². The van der Waals surface area contributed by atoms with E-state index in [0.29, 0.717) is 6.42 Å². The van der Waals surface area contributed by atoms with E-state index in [1.807, 2.05) is 6.92 Å². The van der Waals surface area contributed by atoms with E-state index in [1.54, 1.807) is 13.8 Å². The van der Waals surface area contributed by atoms with Crippen LogP contribution in [0.3, 0.4) is 0 Å². The predicted octanol–water partition coefficient (Wildman–Crippen LogP) is 2.77. The molecular weight excluding hydrogens is 317 g/mol. The number of aliphatic hydroxyl groups excluding tert-OH is 1. The van der Waals surface area contributed by atoms with Gasteiger partial charge in [0.25, 0.3) is 0 Å². The highest BCUT2D eigenvalue weighted by Gasteiger charge is 2.37. The maximum Gasteiger partial charge on any atom is 0.422 e. The molecule has 0 fully saturated rings. The molecule has 0 bridgehead atoms. The molecule has 0 aliphatic heterocycles. The summed E-state index contributed by atoms with van der Waals surface area (Å²) in [5, 5.41) is 9.61. The van der Waals surface area contributed by atoms with Gasteiger partial charge in [0.1, 0.15) is 5.57 Å². The Morgan fingerprint density at radius 3 is 2.04 bits per heavy atom. The Bertz CT molecular complexity index is 429. The van der Waals surface area contributed by atoms with Crippen LogP contribution in [0.5, 0.6) is 0 Å². The largest absolute Gasteiger partial charge is 0.465 e. The molecule has 0 aromatic carbocycles. The van der Waals surface area contributed by atoms with E-state index in [9.17, 15) is 27.9 Å². The normalized spacial score (nSPS) is 13.3. The lowest BCUT2D eigenvalue weighted by Gasteiger charge is -2.20. The van der Waals surface area contributed by atoms with Gasteiger partial charge in [-0.3, -0.25) is 4.79 Å². The van der Waals surface area contributed by atoms with Crippen molar-refractivity contribution < 1.29 is 37.3 Å². The summed E-state index contributed by atoms with van der Waals surface area (Å²) in [4.78, 5) is 22.7. The molecule has 0 saturated heterocycles.